The van der Waals surface area contributed by atoms with E-state index in [1.807, 2.05) is 0 Å². The Kier molecular flexibility index (Phi) is 3.72. The van der Waals surface area contributed by atoms with Crippen LogP contribution in [0.2, 0.25) is 5.02 Å². The molecule has 0 atom stereocenters. The van der Waals surface area contributed by atoms with E-state index in [4.69, 9.17) is 16.7 Å². The van der Waals surface area contributed by atoms with Crippen LogP contribution in [0.5, 0.6) is 0 Å². The molecule has 0 radical (unpaired) electrons. The van der Waals surface area contributed by atoms with E-state index in [9.17, 15) is 13.2 Å². The highest BCUT2D eigenvalue weighted by Crippen LogP contribution is 2.19. The van der Waals surface area contributed by atoms with Gasteiger partial charge in [-0.05, 0) is 29.8 Å². The molecule has 4 nitrogen and oxygen atoms in total. The molecule has 1 rings (SSSR count). The third kappa shape index (κ3) is 3.67. The average molecular weight is 261 g/mol. The predicted molar refractivity (Wildman–Crippen MR) is 61.2 cm³/mol. The minimum absolute atomic E-state index is 0.0602. The van der Waals surface area contributed by atoms with Crippen molar-refractivity contribution in [2.45, 2.75) is 4.90 Å². The molecule has 0 aliphatic rings. The Bertz CT molecular complexity index is 546. The Morgan fingerprint density at radius 3 is 2.50 bits per heavy atom. The SMILES string of the molecule is CS(=O)(=O)c1cc(Cl)cc(C=CC(=O)O)c1. The van der Waals surface area contributed by atoms with E-state index in [2.05, 4.69) is 0 Å². The van der Waals surface area contributed by atoms with Gasteiger partial charge in [-0.1, -0.05) is 11.6 Å². The zero-order valence-electron chi connectivity index (χ0n) is 8.34. The van der Waals surface area contributed by atoms with Crippen molar-refractivity contribution in [1.29, 1.82) is 0 Å². The van der Waals surface area contributed by atoms with Crippen molar-refractivity contribution >= 4 is 33.5 Å². The molecule has 0 spiro atoms. The number of carbonyl (C=O) groups is 1. The van der Waals surface area contributed by atoms with Gasteiger partial charge in [0.25, 0.3) is 0 Å². The van der Waals surface area contributed by atoms with Gasteiger partial charge in [-0.2, -0.15) is 0 Å². The van der Waals surface area contributed by atoms with E-state index < -0.39 is 15.8 Å². The Balaban J connectivity index is 3.24. The maximum absolute atomic E-state index is 11.3. The summed E-state index contributed by atoms with van der Waals surface area (Å²) in [6, 6.07) is 4.16. The first-order chi connectivity index (χ1) is 7.29. The normalized spacial score (nSPS) is 11.9. The monoisotopic (exact) mass is 260 g/mol. The summed E-state index contributed by atoms with van der Waals surface area (Å²) in [6.45, 7) is 0. The number of benzene rings is 1. The first-order valence-corrected chi connectivity index (χ1v) is 6.47. The molecule has 0 aliphatic heterocycles. The molecular weight excluding hydrogens is 252 g/mol. The van der Waals surface area contributed by atoms with Crippen molar-refractivity contribution in [2.24, 2.45) is 0 Å². The van der Waals surface area contributed by atoms with Crippen LogP contribution in [-0.2, 0) is 14.6 Å². The number of hydrogen-bond donors (Lipinski definition) is 1. The first-order valence-electron chi connectivity index (χ1n) is 4.21. The van der Waals surface area contributed by atoms with Crippen molar-refractivity contribution in [2.75, 3.05) is 6.26 Å². The molecule has 86 valence electrons. The lowest BCUT2D eigenvalue weighted by atomic mass is 10.2. The van der Waals surface area contributed by atoms with Gasteiger partial charge in [0.1, 0.15) is 0 Å². The van der Waals surface area contributed by atoms with Crippen molar-refractivity contribution in [1.82, 2.24) is 0 Å². The zero-order chi connectivity index (χ0) is 12.3. The van der Waals surface area contributed by atoms with E-state index >= 15 is 0 Å². The lowest BCUT2D eigenvalue weighted by Gasteiger charge is -2.01. The summed E-state index contributed by atoms with van der Waals surface area (Å²) >= 11 is 5.73. The molecule has 1 aromatic carbocycles. The minimum atomic E-state index is -3.35. The van der Waals surface area contributed by atoms with Gasteiger partial charge in [0, 0.05) is 17.4 Å². The van der Waals surface area contributed by atoms with Crippen LogP contribution in [0.4, 0.5) is 0 Å². The van der Waals surface area contributed by atoms with E-state index in [0.29, 0.717) is 5.56 Å². The number of hydrogen-bond acceptors (Lipinski definition) is 3. The molecule has 0 bridgehead atoms. The summed E-state index contributed by atoms with van der Waals surface area (Å²) in [7, 11) is -3.35. The van der Waals surface area contributed by atoms with Gasteiger partial charge in [-0.15, -0.1) is 0 Å². The van der Waals surface area contributed by atoms with E-state index in [1.165, 1.54) is 24.3 Å². The molecule has 0 fully saturated rings. The van der Waals surface area contributed by atoms with Crippen molar-refractivity contribution in [3.8, 4) is 0 Å². The van der Waals surface area contributed by atoms with Crippen LogP contribution < -0.4 is 0 Å². The van der Waals surface area contributed by atoms with E-state index in [-0.39, 0.29) is 9.92 Å². The third-order valence-corrected chi connectivity index (χ3v) is 3.05. The zero-order valence-corrected chi connectivity index (χ0v) is 9.92. The standard InChI is InChI=1S/C10H9ClO4S/c1-16(14,15)9-5-7(2-3-10(12)13)4-8(11)6-9/h2-6H,1H3,(H,12,13). The van der Waals surface area contributed by atoms with Gasteiger partial charge in [-0.25, -0.2) is 13.2 Å². The molecule has 1 N–H and O–H groups in total. The Morgan fingerprint density at radius 2 is 2.00 bits per heavy atom. The highest BCUT2D eigenvalue weighted by atomic mass is 35.5. The molecule has 0 saturated carbocycles. The highest BCUT2D eigenvalue weighted by Gasteiger charge is 2.08. The van der Waals surface area contributed by atoms with Gasteiger partial charge in [0.15, 0.2) is 9.84 Å². The molecule has 0 saturated heterocycles. The Hall–Kier alpha value is -1.33. The lowest BCUT2D eigenvalue weighted by molar-refractivity contribution is -0.131. The molecule has 16 heavy (non-hydrogen) atoms. The van der Waals surface area contributed by atoms with Gasteiger partial charge in [0.2, 0.25) is 0 Å². The molecule has 0 amide bonds. The summed E-state index contributed by atoms with van der Waals surface area (Å²) < 4.78 is 22.6. The summed E-state index contributed by atoms with van der Waals surface area (Å²) in [5, 5.41) is 8.68. The second-order valence-corrected chi connectivity index (χ2v) is 5.62. The molecule has 0 heterocycles. The van der Waals surface area contributed by atoms with Crippen LogP contribution in [0.1, 0.15) is 5.56 Å². The average Bonchev–Trinajstić information content (AvgIpc) is 2.12. The summed E-state index contributed by atoms with van der Waals surface area (Å²) in [6.07, 6.45) is 3.25. The van der Waals surface area contributed by atoms with Gasteiger partial charge >= 0.3 is 5.97 Å². The van der Waals surface area contributed by atoms with Crippen LogP contribution in [0.15, 0.2) is 29.2 Å². The first kappa shape index (κ1) is 12.7. The second-order valence-electron chi connectivity index (χ2n) is 3.16. The fraction of sp³-hybridized carbons (Fsp3) is 0.100. The molecule has 0 unspecified atom stereocenters. The quantitative estimate of drug-likeness (QED) is 0.842. The fourth-order valence-corrected chi connectivity index (χ4v) is 2.06. The number of carboxylic acids is 1. The number of carboxylic acid groups (broad SMARTS) is 1. The summed E-state index contributed by atoms with van der Waals surface area (Å²) in [5.74, 6) is -1.11. The maximum atomic E-state index is 11.3. The Labute approximate surface area is 98.1 Å². The van der Waals surface area contributed by atoms with E-state index in [1.54, 1.807) is 0 Å². The minimum Gasteiger partial charge on any atom is -0.478 e. The molecule has 0 aliphatic carbocycles. The molecule has 6 heteroatoms. The van der Waals surface area contributed by atoms with E-state index in [0.717, 1.165) is 12.3 Å². The fourth-order valence-electron chi connectivity index (χ4n) is 1.06. The van der Waals surface area contributed by atoms with Crippen LogP contribution in [0.3, 0.4) is 0 Å². The number of halogens is 1. The van der Waals surface area contributed by atoms with Crippen molar-refractivity contribution in [3.05, 3.63) is 34.9 Å². The lowest BCUT2D eigenvalue weighted by Crippen LogP contribution is -1.97. The van der Waals surface area contributed by atoms with Crippen LogP contribution in [0.25, 0.3) is 6.08 Å². The molecule has 0 aromatic heterocycles. The summed E-state index contributed by atoms with van der Waals surface area (Å²) in [4.78, 5) is 10.4. The van der Waals surface area contributed by atoms with Crippen molar-refractivity contribution in [3.63, 3.8) is 0 Å². The van der Waals surface area contributed by atoms with Crippen LogP contribution in [0, 0.1) is 0 Å². The number of sulfone groups is 1. The number of aliphatic carboxylic acids is 1. The van der Waals surface area contributed by atoms with Crippen LogP contribution >= 0.6 is 11.6 Å². The largest absolute Gasteiger partial charge is 0.478 e. The van der Waals surface area contributed by atoms with Crippen molar-refractivity contribution < 1.29 is 18.3 Å². The molecular formula is C10H9ClO4S. The van der Waals surface area contributed by atoms with Gasteiger partial charge < -0.3 is 5.11 Å². The maximum Gasteiger partial charge on any atom is 0.328 e. The highest BCUT2D eigenvalue weighted by molar-refractivity contribution is 7.90. The third-order valence-electron chi connectivity index (χ3n) is 1.74. The second kappa shape index (κ2) is 4.67. The Morgan fingerprint density at radius 1 is 1.38 bits per heavy atom. The van der Waals surface area contributed by atoms with Crippen LogP contribution in [-0.4, -0.2) is 25.7 Å². The number of rotatable bonds is 3. The topological polar surface area (TPSA) is 71.4 Å². The van der Waals surface area contributed by atoms with Gasteiger partial charge in [-0.3, -0.25) is 0 Å². The smallest absolute Gasteiger partial charge is 0.328 e. The molecule has 1 aromatic rings. The summed E-state index contributed by atoms with van der Waals surface area (Å²) in [5.41, 5.74) is 0.426. The van der Waals surface area contributed by atoms with Gasteiger partial charge in [0.05, 0.1) is 4.90 Å². The predicted octanol–water partition coefficient (Wildman–Crippen LogP) is 1.84.